The summed E-state index contributed by atoms with van der Waals surface area (Å²) in [6.45, 7) is 3.18. The number of rotatable bonds is 5. The van der Waals surface area contributed by atoms with Crippen molar-refractivity contribution in [2.75, 3.05) is 13.1 Å². The first kappa shape index (κ1) is 16.6. The van der Waals surface area contributed by atoms with Crippen molar-refractivity contribution >= 4 is 5.91 Å². The van der Waals surface area contributed by atoms with E-state index >= 15 is 0 Å². The molecule has 0 radical (unpaired) electrons. The lowest BCUT2D eigenvalue weighted by Crippen LogP contribution is -2.35. The summed E-state index contributed by atoms with van der Waals surface area (Å²) in [5, 5.41) is 12.6. The van der Waals surface area contributed by atoms with Crippen LogP contribution in [-0.4, -0.2) is 40.1 Å². The molecular formula is C19H23N3O2. The molecule has 0 spiro atoms. The van der Waals surface area contributed by atoms with Gasteiger partial charge in [-0.1, -0.05) is 24.3 Å². The van der Waals surface area contributed by atoms with Crippen LogP contribution in [0.2, 0.25) is 0 Å². The number of amides is 1. The van der Waals surface area contributed by atoms with Gasteiger partial charge in [-0.2, -0.15) is 0 Å². The van der Waals surface area contributed by atoms with Gasteiger partial charge in [-0.05, 0) is 36.1 Å². The Morgan fingerprint density at radius 3 is 2.62 bits per heavy atom. The van der Waals surface area contributed by atoms with Crippen molar-refractivity contribution in [3.05, 3.63) is 65.5 Å². The second-order valence-electron chi connectivity index (χ2n) is 6.20. The van der Waals surface area contributed by atoms with Crippen molar-refractivity contribution in [2.24, 2.45) is 0 Å². The molecule has 3 rings (SSSR count). The Morgan fingerprint density at radius 2 is 1.92 bits per heavy atom. The number of pyridine rings is 1. The monoisotopic (exact) mass is 325 g/mol. The molecule has 0 aliphatic carbocycles. The Hall–Kier alpha value is -2.24. The number of likely N-dealkylation sites (tertiary alicyclic amines) is 1. The standard InChI is InChI=1S/C19H23N3O2/c23-18-7-10-22(11-8-18)14-17-5-2-1-4-15(17)13-21-19(24)16-6-3-9-20-12-16/h1-6,9,12,18,23H,7-8,10-11,13-14H2,(H,21,24). The normalized spacial score (nSPS) is 16.0. The Labute approximate surface area is 142 Å². The van der Waals surface area contributed by atoms with Crippen LogP contribution < -0.4 is 5.32 Å². The average Bonchev–Trinajstić information content (AvgIpc) is 2.63. The number of nitrogens with zero attached hydrogens (tertiary/aromatic N) is 2. The van der Waals surface area contributed by atoms with Crippen LogP contribution in [0, 0.1) is 0 Å². The second-order valence-corrected chi connectivity index (χ2v) is 6.20. The highest BCUT2D eigenvalue weighted by atomic mass is 16.3. The van der Waals surface area contributed by atoms with Gasteiger partial charge in [0.1, 0.15) is 0 Å². The first-order valence-corrected chi connectivity index (χ1v) is 8.38. The van der Waals surface area contributed by atoms with E-state index in [1.165, 1.54) is 5.56 Å². The number of aliphatic hydroxyl groups is 1. The molecule has 0 saturated carbocycles. The minimum absolute atomic E-state index is 0.112. The number of aromatic nitrogens is 1. The van der Waals surface area contributed by atoms with Crippen LogP contribution in [0.4, 0.5) is 0 Å². The van der Waals surface area contributed by atoms with E-state index < -0.39 is 0 Å². The zero-order valence-corrected chi connectivity index (χ0v) is 13.7. The van der Waals surface area contributed by atoms with Gasteiger partial charge in [0.15, 0.2) is 0 Å². The van der Waals surface area contributed by atoms with Crippen LogP contribution in [0.1, 0.15) is 34.3 Å². The quantitative estimate of drug-likeness (QED) is 0.882. The summed E-state index contributed by atoms with van der Waals surface area (Å²) in [5.74, 6) is -0.112. The summed E-state index contributed by atoms with van der Waals surface area (Å²) in [4.78, 5) is 18.5. The fraction of sp³-hybridized carbons (Fsp3) is 0.368. The smallest absolute Gasteiger partial charge is 0.253 e. The van der Waals surface area contributed by atoms with Crippen LogP contribution in [-0.2, 0) is 13.1 Å². The Kier molecular flexibility index (Phi) is 5.56. The van der Waals surface area contributed by atoms with Crippen molar-refractivity contribution < 1.29 is 9.90 Å². The predicted molar refractivity (Wildman–Crippen MR) is 92.4 cm³/mol. The van der Waals surface area contributed by atoms with E-state index in [-0.39, 0.29) is 12.0 Å². The molecule has 0 atom stereocenters. The average molecular weight is 325 g/mol. The Morgan fingerprint density at radius 1 is 1.17 bits per heavy atom. The summed E-state index contributed by atoms with van der Waals surface area (Å²) < 4.78 is 0. The molecule has 2 aromatic rings. The maximum Gasteiger partial charge on any atom is 0.253 e. The van der Waals surface area contributed by atoms with E-state index in [4.69, 9.17) is 0 Å². The van der Waals surface area contributed by atoms with Gasteiger partial charge in [0.25, 0.3) is 5.91 Å². The lowest BCUT2D eigenvalue weighted by atomic mass is 10.0. The van der Waals surface area contributed by atoms with Crippen LogP contribution in [0.25, 0.3) is 0 Å². The fourth-order valence-electron chi connectivity index (χ4n) is 2.98. The number of hydrogen-bond donors (Lipinski definition) is 2. The summed E-state index contributed by atoms with van der Waals surface area (Å²) in [6, 6.07) is 11.7. The van der Waals surface area contributed by atoms with Gasteiger partial charge in [0, 0.05) is 38.6 Å². The minimum atomic E-state index is -0.157. The second kappa shape index (κ2) is 8.04. The molecule has 126 valence electrons. The van der Waals surface area contributed by atoms with Gasteiger partial charge < -0.3 is 10.4 Å². The van der Waals surface area contributed by atoms with Crippen molar-refractivity contribution in [3.63, 3.8) is 0 Å². The third-order valence-electron chi connectivity index (χ3n) is 4.43. The maximum atomic E-state index is 12.2. The molecule has 24 heavy (non-hydrogen) atoms. The zero-order valence-electron chi connectivity index (χ0n) is 13.7. The van der Waals surface area contributed by atoms with Crippen molar-refractivity contribution in [1.82, 2.24) is 15.2 Å². The van der Waals surface area contributed by atoms with E-state index in [1.54, 1.807) is 24.5 Å². The number of benzene rings is 1. The van der Waals surface area contributed by atoms with E-state index in [0.717, 1.165) is 38.0 Å². The van der Waals surface area contributed by atoms with Gasteiger partial charge in [-0.3, -0.25) is 14.7 Å². The highest BCUT2D eigenvalue weighted by molar-refractivity contribution is 5.93. The molecule has 5 heteroatoms. The molecule has 1 aliphatic rings. The molecule has 5 nitrogen and oxygen atoms in total. The third-order valence-corrected chi connectivity index (χ3v) is 4.43. The van der Waals surface area contributed by atoms with Crippen LogP contribution in [0.3, 0.4) is 0 Å². The van der Waals surface area contributed by atoms with E-state index in [1.807, 2.05) is 12.1 Å². The molecule has 2 N–H and O–H groups in total. The summed E-state index contributed by atoms with van der Waals surface area (Å²) in [5.41, 5.74) is 2.92. The van der Waals surface area contributed by atoms with Gasteiger partial charge in [0.05, 0.1) is 11.7 Å². The van der Waals surface area contributed by atoms with Gasteiger partial charge in [0.2, 0.25) is 0 Å². The van der Waals surface area contributed by atoms with Gasteiger partial charge in [-0.15, -0.1) is 0 Å². The van der Waals surface area contributed by atoms with Crippen LogP contribution >= 0.6 is 0 Å². The highest BCUT2D eigenvalue weighted by Gasteiger charge is 2.18. The number of carbonyl (C=O) groups excluding carboxylic acids is 1. The lowest BCUT2D eigenvalue weighted by molar-refractivity contribution is 0.0790. The molecule has 2 heterocycles. The van der Waals surface area contributed by atoms with E-state index in [9.17, 15) is 9.90 Å². The SMILES string of the molecule is O=C(NCc1ccccc1CN1CCC(O)CC1)c1cccnc1. The molecule has 0 bridgehead atoms. The molecular weight excluding hydrogens is 302 g/mol. The Balaban J connectivity index is 1.61. The summed E-state index contributed by atoms with van der Waals surface area (Å²) in [7, 11) is 0. The lowest BCUT2D eigenvalue weighted by Gasteiger charge is -2.30. The topological polar surface area (TPSA) is 65.5 Å². The molecule has 1 amide bonds. The number of carbonyl (C=O) groups is 1. The molecule has 0 unspecified atom stereocenters. The van der Waals surface area contributed by atoms with E-state index in [0.29, 0.717) is 12.1 Å². The van der Waals surface area contributed by atoms with E-state index in [2.05, 4.69) is 27.3 Å². The maximum absolute atomic E-state index is 12.2. The Bertz CT molecular complexity index is 667. The minimum Gasteiger partial charge on any atom is -0.393 e. The van der Waals surface area contributed by atoms with Crippen LogP contribution in [0.5, 0.6) is 0 Å². The van der Waals surface area contributed by atoms with Crippen molar-refractivity contribution in [2.45, 2.75) is 32.0 Å². The molecule has 1 fully saturated rings. The van der Waals surface area contributed by atoms with Gasteiger partial charge >= 0.3 is 0 Å². The number of aliphatic hydroxyl groups excluding tert-OH is 1. The van der Waals surface area contributed by atoms with Gasteiger partial charge in [-0.25, -0.2) is 0 Å². The van der Waals surface area contributed by atoms with Crippen molar-refractivity contribution in [3.8, 4) is 0 Å². The molecule has 1 aromatic carbocycles. The summed E-state index contributed by atoms with van der Waals surface area (Å²) >= 11 is 0. The largest absolute Gasteiger partial charge is 0.393 e. The first-order chi connectivity index (χ1) is 11.7. The van der Waals surface area contributed by atoms with Crippen molar-refractivity contribution in [1.29, 1.82) is 0 Å². The molecule has 1 aromatic heterocycles. The third kappa shape index (κ3) is 4.40. The number of piperidine rings is 1. The predicted octanol–water partition coefficient (Wildman–Crippen LogP) is 1.97. The molecule has 1 aliphatic heterocycles. The summed E-state index contributed by atoms with van der Waals surface area (Å²) in [6.07, 6.45) is 4.73. The first-order valence-electron chi connectivity index (χ1n) is 8.38. The zero-order chi connectivity index (χ0) is 16.8. The van der Waals surface area contributed by atoms with Crippen LogP contribution in [0.15, 0.2) is 48.8 Å². The highest BCUT2D eigenvalue weighted by Crippen LogP contribution is 2.16. The number of hydrogen-bond acceptors (Lipinski definition) is 4. The fourth-order valence-corrected chi connectivity index (χ4v) is 2.98. The number of nitrogens with one attached hydrogen (secondary N) is 1. The molecule has 1 saturated heterocycles.